The van der Waals surface area contributed by atoms with E-state index in [0.717, 1.165) is 19.3 Å². The van der Waals surface area contributed by atoms with Gasteiger partial charge >= 0.3 is 0 Å². The van der Waals surface area contributed by atoms with Crippen LogP contribution in [-0.2, 0) is 9.53 Å². The van der Waals surface area contributed by atoms with Gasteiger partial charge in [0, 0.05) is 12.6 Å². The van der Waals surface area contributed by atoms with Gasteiger partial charge in [0.05, 0.1) is 11.7 Å². The van der Waals surface area contributed by atoms with E-state index in [-0.39, 0.29) is 17.6 Å². The first-order chi connectivity index (χ1) is 7.97. The average molecular weight is 236 g/mol. The van der Waals surface area contributed by atoms with Gasteiger partial charge in [0.15, 0.2) is 0 Å². The van der Waals surface area contributed by atoms with Gasteiger partial charge in [0.2, 0.25) is 5.91 Å². The van der Waals surface area contributed by atoms with Crippen LogP contribution in [0, 0.1) is 16.7 Å². The molecular formula is C13H20N2O2. The van der Waals surface area contributed by atoms with Crippen LogP contribution in [0.5, 0.6) is 0 Å². The van der Waals surface area contributed by atoms with Crippen LogP contribution in [0.1, 0.15) is 46.0 Å². The molecule has 0 bridgehead atoms. The number of nitrogens with one attached hydrogen (secondary N) is 1. The number of rotatable bonds is 2. The van der Waals surface area contributed by atoms with E-state index in [4.69, 9.17) is 10.00 Å². The number of ether oxygens (including phenoxy) is 1. The Morgan fingerprint density at radius 1 is 1.47 bits per heavy atom. The van der Waals surface area contributed by atoms with Crippen LogP contribution in [0.3, 0.4) is 0 Å². The Hall–Kier alpha value is -1.08. The maximum atomic E-state index is 12.1. The van der Waals surface area contributed by atoms with Crippen LogP contribution in [0.15, 0.2) is 0 Å². The van der Waals surface area contributed by atoms with E-state index in [0.29, 0.717) is 19.4 Å². The van der Waals surface area contributed by atoms with E-state index in [2.05, 4.69) is 11.4 Å². The highest BCUT2D eigenvalue weighted by Crippen LogP contribution is 2.40. The molecule has 4 heteroatoms. The lowest BCUT2D eigenvalue weighted by atomic mass is 9.69. The molecular weight excluding hydrogens is 216 g/mol. The number of nitriles is 1. The van der Waals surface area contributed by atoms with E-state index in [1.54, 1.807) is 0 Å². The Labute approximate surface area is 102 Å². The van der Waals surface area contributed by atoms with Crippen molar-refractivity contribution < 1.29 is 9.53 Å². The number of amides is 1. The Bertz CT molecular complexity index is 353. The summed E-state index contributed by atoms with van der Waals surface area (Å²) in [6.07, 6.45) is 4.07. The summed E-state index contributed by atoms with van der Waals surface area (Å²) in [6.45, 7) is 4.75. The normalized spacial score (nSPS) is 29.8. The Kier molecular flexibility index (Phi) is 3.13. The zero-order valence-electron chi connectivity index (χ0n) is 10.6. The summed E-state index contributed by atoms with van der Waals surface area (Å²) in [6, 6.07) is 2.33. The quantitative estimate of drug-likeness (QED) is 0.794. The van der Waals surface area contributed by atoms with Crippen molar-refractivity contribution in [3.05, 3.63) is 0 Å². The van der Waals surface area contributed by atoms with Crippen molar-refractivity contribution in [3.63, 3.8) is 0 Å². The molecule has 2 rings (SSSR count). The average Bonchev–Trinajstić information content (AvgIpc) is 2.14. The third-order valence-corrected chi connectivity index (χ3v) is 3.89. The summed E-state index contributed by atoms with van der Waals surface area (Å²) < 4.78 is 5.61. The maximum Gasteiger partial charge on any atom is 0.240 e. The monoisotopic (exact) mass is 236 g/mol. The van der Waals surface area contributed by atoms with Crippen LogP contribution in [-0.4, -0.2) is 24.2 Å². The van der Waals surface area contributed by atoms with Crippen molar-refractivity contribution in [2.24, 2.45) is 5.41 Å². The molecule has 0 aromatic heterocycles. The predicted molar refractivity (Wildman–Crippen MR) is 63.1 cm³/mol. The Morgan fingerprint density at radius 2 is 2.18 bits per heavy atom. The molecule has 2 aliphatic rings. The Balaban J connectivity index is 1.93. The summed E-state index contributed by atoms with van der Waals surface area (Å²) in [5.41, 5.74) is -0.905. The largest absolute Gasteiger partial charge is 0.375 e. The highest BCUT2D eigenvalue weighted by atomic mass is 16.5. The fraction of sp³-hybridized carbons (Fsp3) is 0.846. The topological polar surface area (TPSA) is 62.1 Å². The van der Waals surface area contributed by atoms with E-state index in [9.17, 15) is 4.79 Å². The molecule has 2 fully saturated rings. The molecule has 1 heterocycles. The molecule has 1 amide bonds. The molecule has 1 unspecified atom stereocenters. The third kappa shape index (κ3) is 2.44. The molecule has 4 nitrogen and oxygen atoms in total. The van der Waals surface area contributed by atoms with Crippen LogP contribution >= 0.6 is 0 Å². The molecule has 1 N–H and O–H groups in total. The van der Waals surface area contributed by atoms with Crippen LogP contribution in [0.2, 0.25) is 0 Å². The number of hydrogen-bond donors (Lipinski definition) is 1. The van der Waals surface area contributed by atoms with Gasteiger partial charge in [-0.1, -0.05) is 0 Å². The number of carbonyl (C=O) groups excluding carboxylic acids is 1. The van der Waals surface area contributed by atoms with Crippen LogP contribution in [0.4, 0.5) is 0 Å². The van der Waals surface area contributed by atoms with E-state index in [1.165, 1.54) is 0 Å². The minimum absolute atomic E-state index is 0.0750. The summed E-state index contributed by atoms with van der Waals surface area (Å²) in [4.78, 5) is 12.1. The third-order valence-electron chi connectivity index (χ3n) is 3.89. The molecule has 1 saturated carbocycles. The second kappa shape index (κ2) is 4.30. The van der Waals surface area contributed by atoms with Crippen molar-refractivity contribution in [1.82, 2.24) is 5.32 Å². The zero-order valence-corrected chi connectivity index (χ0v) is 10.6. The van der Waals surface area contributed by atoms with Gasteiger partial charge in [-0.3, -0.25) is 4.79 Å². The minimum atomic E-state index is -0.734. The fourth-order valence-corrected chi connectivity index (χ4v) is 2.60. The highest BCUT2D eigenvalue weighted by molar-refractivity contribution is 5.86. The van der Waals surface area contributed by atoms with Gasteiger partial charge in [-0.15, -0.1) is 0 Å². The summed E-state index contributed by atoms with van der Waals surface area (Å²) in [5.74, 6) is -0.0750. The van der Waals surface area contributed by atoms with Gasteiger partial charge in [-0.05, 0) is 46.0 Å². The lowest BCUT2D eigenvalue weighted by Gasteiger charge is -2.39. The number of carbonyl (C=O) groups is 1. The van der Waals surface area contributed by atoms with Crippen molar-refractivity contribution in [2.75, 3.05) is 6.61 Å². The molecule has 17 heavy (non-hydrogen) atoms. The first-order valence-corrected chi connectivity index (χ1v) is 6.34. The summed E-state index contributed by atoms with van der Waals surface area (Å²) in [5, 5.41) is 12.1. The standard InChI is InChI=1S/C13H20N2O2/c1-12(2)8-10(4-7-17-12)15-11(16)13(9-14)5-3-6-13/h10H,3-8H2,1-2H3,(H,15,16). The van der Waals surface area contributed by atoms with Gasteiger partial charge in [0.1, 0.15) is 5.41 Å². The molecule has 0 aromatic rings. The van der Waals surface area contributed by atoms with Crippen molar-refractivity contribution >= 4 is 5.91 Å². The van der Waals surface area contributed by atoms with E-state index in [1.807, 2.05) is 13.8 Å². The Morgan fingerprint density at radius 3 is 2.65 bits per heavy atom. The smallest absolute Gasteiger partial charge is 0.240 e. The minimum Gasteiger partial charge on any atom is -0.375 e. The maximum absolute atomic E-state index is 12.1. The molecule has 94 valence electrons. The molecule has 1 aliphatic carbocycles. The second-order valence-corrected chi connectivity index (χ2v) is 5.82. The second-order valence-electron chi connectivity index (χ2n) is 5.82. The van der Waals surface area contributed by atoms with Gasteiger partial charge in [-0.25, -0.2) is 0 Å². The van der Waals surface area contributed by atoms with Crippen LogP contribution < -0.4 is 5.32 Å². The predicted octanol–water partition coefficient (Wildman–Crippen LogP) is 1.75. The first-order valence-electron chi connectivity index (χ1n) is 6.34. The number of hydrogen-bond acceptors (Lipinski definition) is 3. The van der Waals surface area contributed by atoms with E-state index >= 15 is 0 Å². The molecule has 0 aromatic carbocycles. The highest BCUT2D eigenvalue weighted by Gasteiger charge is 2.45. The van der Waals surface area contributed by atoms with Gasteiger partial charge in [-0.2, -0.15) is 5.26 Å². The molecule has 0 radical (unpaired) electrons. The lowest BCUT2D eigenvalue weighted by molar-refractivity contribution is -0.134. The molecule has 1 atom stereocenters. The van der Waals surface area contributed by atoms with Crippen molar-refractivity contribution in [1.29, 1.82) is 5.26 Å². The summed E-state index contributed by atoms with van der Waals surface area (Å²) >= 11 is 0. The summed E-state index contributed by atoms with van der Waals surface area (Å²) in [7, 11) is 0. The van der Waals surface area contributed by atoms with Gasteiger partial charge < -0.3 is 10.1 Å². The lowest BCUT2D eigenvalue weighted by Crippen LogP contribution is -2.52. The van der Waals surface area contributed by atoms with Crippen molar-refractivity contribution in [3.8, 4) is 6.07 Å². The van der Waals surface area contributed by atoms with Crippen LogP contribution in [0.25, 0.3) is 0 Å². The van der Waals surface area contributed by atoms with E-state index < -0.39 is 5.41 Å². The molecule has 1 aliphatic heterocycles. The van der Waals surface area contributed by atoms with Crippen molar-refractivity contribution in [2.45, 2.75) is 57.6 Å². The SMILES string of the molecule is CC1(C)CC(NC(=O)C2(C#N)CCC2)CCO1. The van der Waals surface area contributed by atoms with Gasteiger partial charge in [0.25, 0.3) is 0 Å². The zero-order chi connectivity index (χ0) is 12.5. The fourth-order valence-electron chi connectivity index (χ4n) is 2.60. The number of nitrogens with zero attached hydrogens (tertiary/aromatic N) is 1. The first kappa shape index (κ1) is 12.4. The molecule has 1 saturated heterocycles. The molecule has 0 spiro atoms.